The van der Waals surface area contributed by atoms with Crippen molar-refractivity contribution >= 4 is 17.6 Å². The number of ether oxygens (including phenoxy) is 1. The number of hydrogen-bond donors (Lipinski definition) is 1. The van der Waals surface area contributed by atoms with Crippen molar-refractivity contribution in [3.05, 3.63) is 27.8 Å². The second-order valence-electron chi connectivity index (χ2n) is 3.73. The van der Waals surface area contributed by atoms with Gasteiger partial charge in [0.2, 0.25) is 0 Å². The summed E-state index contributed by atoms with van der Waals surface area (Å²) < 4.78 is 5.27. The third-order valence-electron chi connectivity index (χ3n) is 2.47. The number of aryl methyl sites for hydroxylation is 2. The van der Waals surface area contributed by atoms with Crippen LogP contribution in [-0.2, 0) is 11.2 Å². The molecule has 1 N–H and O–H groups in total. The van der Waals surface area contributed by atoms with Gasteiger partial charge in [-0.3, -0.25) is 4.79 Å². The number of hydrogen-bond acceptors (Lipinski definition) is 2. The average molecular weight is 243 g/mol. The van der Waals surface area contributed by atoms with Crippen LogP contribution in [0.4, 0.5) is 0 Å². The number of methoxy groups -OCH3 is 1. The first-order valence-corrected chi connectivity index (χ1v) is 5.39. The van der Waals surface area contributed by atoms with Gasteiger partial charge in [0.25, 0.3) is 0 Å². The topological polar surface area (TPSA) is 46.5 Å². The van der Waals surface area contributed by atoms with Crippen molar-refractivity contribution in [3.8, 4) is 5.75 Å². The normalized spacial score (nSPS) is 10.2. The van der Waals surface area contributed by atoms with E-state index in [-0.39, 0.29) is 6.42 Å². The highest BCUT2D eigenvalue weighted by Crippen LogP contribution is 2.33. The Bertz CT molecular complexity index is 413. The van der Waals surface area contributed by atoms with Crippen LogP contribution in [0.3, 0.4) is 0 Å². The van der Waals surface area contributed by atoms with Gasteiger partial charge in [-0.05, 0) is 31.4 Å². The van der Waals surface area contributed by atoms with Crippen LogP contribution in [0.5, 0.6) is 5.75 Å². The molecule has 0 radical (unpaired) electrons. The fourth-order valence-electron chi connectivity index (χ4n) is 1.77. The highest BCUT2D eigenvalue weighted by molar-refractivity contribution is 6.32. The molecule has 0 heterocycles. The molecule has 0 fully saturated rings. The van der Waals surface area contributed by atoms with Gasteiger partial charge in [-0.25, -0.2) is 0 Å². The van der Waals surface area contributed by atoms with Crippen molar-refractivity contribution in [1.82, 2.24) is 0 Å². The summed E-state index contributed by atoms with van der Waals surface area (Å²) in [6.45, 7) is 3.82. The smallest absolute Gasteiger partial charge is 0.303 e. The minimum Gasteiger partial charge on any atom is -0.496 e. The van der Waals surface area contributed by atoms with Crippen LogP contribution >= 0.6 is 11.6 Å². The standard InChI is InChI=1S/C12H15ClO3/c1-7-6-8(2)12(16-3)9(11(7)13)4-5-10(14)15/h6H,4-5H2,1-3H3,(H,14,15). The lowest BCUT2D eigenvalue weighted by atomic mass is 10.0. The molecule has 0 saturated heterocycles. The maximum absolute atomic E-state index is 10.6. The number of carboxylic acids is 1. The van der Waals surface area contributed by atoms with Crippen molar-refractivity contribution in [1.29, 1.82) is 0 Å². The van der Waals surface area contributed by atoms with Crippen LogP contribution in [0.15, 0.2) is 6.07 Å². The average Bonchev–Trinajstić information content (AvgIpc) is 2.20. The van der Waals surface area contributed by atoms with E-state index in [2.05, 4.69) is 0 Å². The monoisotopic (exact) mass is 242 g/mol. The van der Waals surface area contributed by atoms with E-state index in [4.69, 9.17) is 21.4 Å². The van der Waals surface area contributed by atoms with Crippen LogP contribution < -0.4 is 4.74 Å². The number of carboxylic acid groups (broad SMARTS) is 1. The summed E-state index contributed by atoms with van der Waals surface area (Å²) in [5.74, 6) is -0.144. The summed E-state index contributed by atoms with van der Waals surface area (Å²) in [5.41, 5.74) is 2.70. The molecule has 16 heavy (non-hydrogen) atoms. The minimum atomic E-state index is -0.836. The van der Waals surface area contributed by atoms with Crippen LogP contribution in [0.2, 0.25) is 5.02 Å². The minimum absolute atomic E-state index is 0.0545. The fraction of sp³-hybridized carbons (Fsp3) is 0.417. The second kappa shape index (κ2) is 5.21. The molecule has 1 rings (SSSR count). The van der Waals surface area contributed by atoms with Gasteiger partial charge < -0.3 is 9.84 Å². The lowest BCUT2D eigenvalue weighted by Crippen LogP contribution is -2.02. The third-order valence-corrected chi connectivity index (χ3v) is 3.00. The third kappa shape index (κ3) is 2.67. The lowest BCUT2D eigenvalue weighted by Gasteiger charge is -2.14. The number of rotatable bonds is 4. The number of benzene rings is 1. The van der Waals surface area contributed by atoms with Gasteiger partial charge in [0.15, 0.2) is 0 Å². The molecule has 88 valence electrons. The van der Waals surface area contributed by atoms with E-state index in [1.54, 1.807) is 7.11 Å². The van der Waals surface area contributed by atoms with Gasteiger partial charge in [-0.1, -0.05) is 17.7 Å². The summed E-state index contributed by atoms with van der Waals surface area (Å²) in [5, 5.41) is 9.28. The van der Waals surface area contributed by atoms with Gasteiger partial charge in [0.1, 0.15) is 5.75 Å². The van der Waals surface area contributed by atoms with Crippen molar-refractivity contribution in [2.75, 3.05) is 7.11 Å². The number of halogens is 1. The molecule has 1 aromatic carbocycles. The maximum Gasteiger partial charge on any atom is 0.303 e. The Kier molecular flexibility index (Phi) is 4.19. The van der Waals surface area contributed by atoms with E-state index in [1.807, 2.05) is 19.9 Å². The quantitative estimate of drug-likeness (QED) is 0.883. The van der Waals surface area contributed by atoms with Crippen molar-refractivity contribution in [3.63, 3.8) is 0 Å². The first kappa shape index (κ1) is 12.8. The van der Waals surface area contributed by atoms with E-state index in [1.165, 1.54) is 0 Å². The Morgan fingerprint density at radius 2 is 2.06 bits per heavy atom. The van der Waals surface area contributed by atoms with Gasteiger partial charge in [-0.2, -0.15) is 0 Å². The van der Waals surface area contributed by atoms with Crippen LogP contribution in [-0.4, -0.2) is 18.2 Å². The second-order valence-corrected chi connectivity index (χ2v) is 4.11. The van der Waals surface area contributed by atoms with Gasteiger partial charge in [0.05, 0.1) is 12.1 Å². The Morgan fingerprint density at radius 3 is 2.56 bits per heavy atom. The largest absolute Gasteiger partial charge is 0.496 e. The fourth-order valence-corrected chi connectivity index (χ4v) is 2.00. The predicted molar refractivity (Wildman–Crippen MR) is 63.4 cm³/mol. The summed E-state index contributed by atoms with van der Waals surface area (Å²) in [7, 11) is 1.57. The number of carbonyl (C=O) groups is 1. The van der Waals surface area contributed by atoms with Gasteiger partial charge >= 0.3 is 5.97 Å². The van der Waals surface area contributed by atoms with Crippen molar-refractivity contribution < 1.29 is 14.6 Å². The highest BCUT2D eigenvalue weighted by Gasteiger charge is 2.14. The molecule has 0 atom stereocenters. The highest BCUT2D eigenvalue weighted by atomic mass is 35.5. The van der Waals surface area contributed by atoms with E-state index < -0.39 is 5.97 Å². The Labute approximate surface area is 100.0 Å². The summed E-state index contributed by atoms with van der Waals surface area (Å²) in [6.07, 6.45) is 0.443. The molecule has 1 aromatic rings. The number of aliphatic carboxylic acids is 1. The maximum atomic E-state index is 10.6. The molecule has 0 amide bonds. The van der Waals surface area contributed by atoms with E-state index in [0.29, 0.717) is 17.2 Å². The zero-order valence-electron chi connectivity index (χ0n) is 9.63. The van der Waals surface area contributed by atoms with Crippen molar-refractivity contribution in [2.45, 2.75) is 26.7 Å². The molecule has 3 nitrogen and oxygen atoms in total. The van der Waals surface area contributed by atoms with Crippen LogP contribution in [0, 0.1) is 13.8 Å². The van der Waals surface area contributed by atoms with E-state index >= 15 is 0 Å². The molecule has 0 aromatic heterocycles. The molecule has 0 spiro atoms. The first-order chi connectivity index (χ1) is 7.47. The molecular weight excluding hydrogens is 228 g/mol. The Morgan fingerprint density at radius 1 is 1.44 bits per heavy atom. The van der Waals surface area contributed by atoms with E-state index in [0.717, 1.165) is 16.7 Å². The lowest BCUT2D eigenvalue weighted by molar-refractivity contribution is -0.136. The Balaban J connectivity index is 3.17. The molecule has 0 bridgehead atoms. The zero-order valence-corrected chi connectivity index (χ0v) is 10.4. The summed E-state index contributed by atoms with van der Waals surface area (Å²) in [6, 6.07) is 1.94. The molecule has 0 aliphatic rings. The first-order valence-electron chi connectivity index (χ1n) is 5.01. The molecule has 0 aliphatic heterocycles. The van der Waals surface area contributed by atoms with Crippen molar-refractivity contribution in [2.24, 2.45) is 0 Å². The predicted octanol–water partition coefficient (Wildman–Crippen LogP) is 2.98. The molecular formula is C12H15ClO3. The van der Waals surface area contributed by atoms with Crippen LogP contribution in [0.25, 0.3) is 0 Å². The van der Waals surface area contributed by atoms with E-state index in [9.17, 15) is 4.79 Å². The van der Waals surface area contributed by atoms with Gasteiger partial charge in [-0.15, -0.1) is 0 Å². The summed E-state index contributed by atoms with van der Waals surface area (Å²) >= 11 is 6.16. The SMILES string of the molecule is COc1c(C)cc(C)c(Cl)c1CCC(=O)O. The summed E-state index contributed by atoms with van der Waals surface area (Å²) in [4.78, 5) is 10.6. The molecule has 4 heteroatoms. The Hall–Kier alpha value is -1.22. The van der Waals surface area contributed by atoms with Gasteiger partial charge in [0, 0.05) is 12.0 Å². The molecule has 0 saturated carbocycles. The molecule has 0 aliphatic carbocycles. The molecule has 0 unspecified atom stereocenters. The van der Waals surface area contributed by atoms with Crippen LogP contribution in [0.1, 0.15) is 23.1 Å². The zero-order chi connectivity index (χ0) is 12.3.